The number of nitrogens with one attached hydrogen (secondary N) is 1. The second-order valence-electron chi connectivity index (χ2n) is 5.98. The lowest BCUT2D eigenvalue weighted by Gasteiger charge is -2.24. The molecule has 0 aliphatic carbocycles. The van der Waals surface area contributed by atoms with E-state index in [1.165, 1.54) is 12.1 Å². The van der Waals surface area contributed by atoms with E-state index in [1.54, 1.807) is 11.0 Å². The maximum Gasteiger partial charge on any atom is 0.270 e. The Hall–Kier alpha value is -2.45. The fourth-order valence-corrected chi connectivity index (χ4v) is 3.43. The molecule has 0 saturated carbocycles. The Kier molecular flexibility index (Phi) is 3.70. The number of ether oxygens (including phenoxy) is 2. The van der Waals surface area contributed by atoms with Crippen molar-refractivity contribution in [2.24, 2.45) is 0 Å². The number of nitro benzene ring substituents is 1. The molecular formula is C16H17N3O5. The molecule has 126 valence electrons. The maximum atomic E-state index is 13.1. The minimum absolute atomic E-state index is 0.0269. The lowest BCUT2D eigenvalue weighted by Crippen LogP contribution is -2.39. The number of amides is 1. The molecule has 24 heavy (non-hydrogen) atoms. The van der Waals surface area contributed by atoms with Crippen molar-refractivity contribution < 1.29 is 19.2 Å². The summed E-state index contributed by atoms with van der Waals surface area (Å²) in [5.41, 5.74) is 2.43. The van der Waals surface area contributed by atoms with Crippen molar-refractivity contribution in [2.75, 3.05) is 37.9 Å². The van der Waals surface area contributed by atoms with Crippen molar-refractivity contribution in [3.05, 3.63) is 39.6 Å². The lowest BCUT2D eigenvalue weighted by molar-refractivity contribution is -0.384. The number of fused-ring (bicyclic) bond motifs is 1. The number of benzene rings is 1. The molecule has 4 rings (SSSR count). The van der Waals surface area contributed by atoms with E-state index in [9.17, 15) is 14.9 Å². The van der Waals surface area contributed by atoms with Crippen molar-refractivity contribution in [1.29, 1.82) is 0 Å². The van der Waals surface area contributed by atoms with Crippen LogP contribution in [0, 0.1) is 10.1 Å². The molecule has 0 spiro atoms. The van der Waals surface area contributed by atoms with Crippen LogP contribution >= 0.6 is 0 Å². The number of rotatable bonds is 2. The average molecular weight is 331 g/mol. The molecule has 0 bridgehead atoms. The summed E-state index contributed by atoms with van der Waals surface area (Å²) in [7, 11) is 0. The van der Waals surface area contributed by atoms with Crippen LogP contribution in [-0.2, 0) is 14.3 Å². The SMILES string of the molecule is O=C1/C(=C2/COCCN2)c2cc([N+](=O)[O-])ccc2N1C1CCOC1. The molecule has 3 heterocycles. The van der Waals surface area contributed by atoms with Gasteiger partial charge in [-0.1, -0.05) is 0 Å². The number of non-ortho nitro benzene ring substituents is 1. The van der Waals surface area contributed by atoms with Crippen molar-refractivity contribution in [3.8, 4) is 0 Å². The Morgan fingerprint density at radius 2 is 2.17 bits per heavy atom. The number of carbonyl (C=O) groups is 1. The van der Waals surface area contributed by atoms with Crippen LogP contribution in [0.5, 0.6) is 0 Å². The molecule has 8 heteroatoms. The summed E-state index contributed by atoms with van der Waals surface area (Å²) in [4.78, 5) is 25.5. The molecule has 0 radical (unpaired) electrons. The van der Waals surface area contributed by atoms with Crippen LogP contribution in [0.3, 0.4) is 0 Å². The molecule has 1 N–H and O–H groups in total. The Balaban J connectivity index is 1.85. The number of hydrogen-bond donors (Lipinski definition) is 1. The van der Waals surface area contributed by atoms with Gasteiger partial charge in [-0.2, -0.15) is 0 Å². The van der Waals surface area contributed by atoms with E-state index in [1.807, 2.05) is 0 Å². The number of carbonyl (C=O) groups excluding carboxylic acids is 1. The smallest absolute Gasteiger partial charge is 0.270 e. The highest BCUT2D eigenvalue weighted by Gasteiger charge is 2.41. The predicted molar refractivity (Wildman–Crippen MR) is 85.5 cm³/mol. The first-order chi connectivity index (χ1) is 11.7. The highest BCUT2D eigenvalue weighted by molar-refractivity contribution is 6.33. The summed E-state index contributed by atoms with van der Waals surface area (Å²) in [6.45, 7) is 2.59. The number of hydrogen-bond acceptors (Lipinski definition) is 6. The topological polar surface area (TPSA) is 93.9 Å². The van der Waals surface area contributed by atoms with Gasteiger partial charge in [-0.25, -0.2) is 0 Å². The molecule has 2 saturated heterocycles. The van der Waals surface area contributed by atoms with E-state index < -0.39 is 4.92 Å². The second-order valence-corrected chi connectivity index (χ2v) is 5.98. The third-order valence-electron chi connectivity index (χ3n) is 4.56. The summed E-state index contributed by atoms with van der Waals surface area (Å²) in [5, 5.41) is 14.3. The van der Waals surface area contributed by atoms with E-state index in [0.717, 1.165) is 6.42 Å². The minimum atomic E-state index is -0.445. The van der Waals surface area contributed by atoms with Crippen molar-refractivity contribution >= 4 is 22.9 Å². The molecule has 1 aromatic carbocycles. The van der Waals surface area contributed by atoms with Crippen LogP contribution < -0.4 is 10.2 Å². The van der Waals surface area contributed by atoms with Gasteiger partial charge in [0, 0.05) is 30.8 Å². The van der Waals surface area contributed by atoms with Gasteiger partial charge in [-0.3, -0.25) is 14.9 Å². The van der Waals surface area contributed by atoms with Gasteiger partial charge in [-0.05, 0) is 12.5 Å². The molecule has 0 aromatic heterocycles. The standard InChI is InChI=1S/C16H17N3O5/c20-16-15(13-9-24-6-4-17-13)12-7-10(19(21)22)1-2-14(12)18(16)11-3-5-23-8-11/h1-2,7,11,17H,3-6,8-9H2/b15-13-. The zero-order valence-electron chi connectivity index (χ0n) is 13.0. The van der Waals surface area contributed by atoms with E-state index in [0.29, 0.717) is 55.5 Å². The third-order valence-corrected chi connectivity index (χ3v) is 4.56. The lowest BCUT2D eigenvalue weighted by atomic mass is 10.0. The summed E-state index contributed by atoms with van der Waals surface area (Å²) in [6, 6.07) is 4.52. The van der Waals surface area contributed by atoms with Crippen LogP contribution in [-0.4, -0.2) is 49.8 Å². The zero-order valence-corrected chi connectivity index (χ0v) is 13.0. The van der Waals surface area contributed by atoms with Gasteiger partial charge < -0.3 is 19.7 Å². The summed E-state index contributed by atoms with van der Waals surface area (Å²) in [5.74, 6) is -0.144. The van der Waals surface area contributed by atoms with Crippen LogP contribution in [0.2, 0.25) is 0 Å². The average Bonchev–Trinajstić information content (AvgIpc) is 3.20. The van der Waals surface area contributed by atoms with E-state index in [-0.39, 0.29) is 17.6 Å². The van der Waals surface area contributed by atoms with Crippen LogP contribution in [0.1, 0.15) is 12.0 Å². The molecule has 3 aliphatic heterocycles. The van der Waals surface area contributed by atoms with Gasteiger partial charge in [-0.15, -0.1) is 0 Å². The number of nitro groups is 1. The third kappa shape index (κ3) is 2.35. The highest BCUT2D eigenvalue weighted by atomic mass is 16.6. The molecular weight excluding hydrogens is 314 g/mol. The van der Waals surface area contributed by atoms with Gasteiger partial charge in [0.1, 0.15) is 0 Å². The molecule has 1 amide bonds. The largest absolute Gasteiger partial charge is 0.383 e. The summed E-state index contributed by atoms with van der Waals surface area (Å²) < 4.78 is 10.9. The van der Waals surface area contributed by atoms with Gasteiger partial charge in [0.15, 0.2) is 0 Å². The highest BCUT2D eigenvalue weighted by Crippen LogP contribution is 2.42. The molecule has 3 aliphatic rings. The first-order valence-electron chi connectivity index (χ1n) is 7.91. The monoisotopic (exact) mass is 331 g/mol. The first kappa shape index (κ1) is 15.1. The van der Waals surface area contributed by atoms with Crippen LogP contribution in [0.15, 0.2) is 23.9 Å². The van der Waals surface area contributed by atoms with Gasteiger partial charge in [0.25, 0.3) is 11.6 Å². The van der Waals surface area contributed by atoms with Gasteiger partial charge >= 0.3 is 0 Å². The van der Waals surface area contributed by atoms with Crippen molar-refractivity contribution in [1.82, 2.24) is 5.32 Å². The van der Waals surface area contributed by atoms with E-state index >= 15 is 0 Å². The number of morpholine rings is 1. The normalized spacial score (nSPS) is 26.4. The number of anilines is 1. The fourth-order valence-electron chi connectivity index (χ4n) is 3.43. The molecule has 1 atom stereocenters. The first-order valence-corrected chi connectivity index (χ1v) is 7.91. The predicted octanol–water partition coefficient (Wildman–Crippen LogP) is 1.06. The molecule has 1 aromatic rings. The quantitative estimate of drug-likeness (QED) is 0.495. The fraction of sp³-hybridized carbons (Fsp3) is 0.438. The van der Waals surface area contributed by atoms with E-state index in [2.05, 4.69) is 5.32 Å². The van der Waals surface area contributed by atoms with Crippen LogP contribution in [0.4, 0.5) is 11.4 Å². The Bertz CT molecular complexity index is 731. The Morgan fingerprint density at radius 1 is 1.29 bits per heavy atom. The van der Waals surface area contributed by atoms with Gasteiger partial charge in [0.05, 0.1) is 47.7 Å². The summed E-state index contributed by atoms with van der Waals surface area (Å²) in [6.07, 6.45) is 0.759. The van der Waals surface area contributed by atoms with Gasteiger partial charge in [0.2, 0.25) is 0 Å². The van der Waals surface area contributed by atoms with E-state index in [4.69, 9.17) is 9.47 Å². The van der Waals surface area contributed by atoms with Crippen LogP contribution in [0.25, 0.3) is 5.57 Å². The van der Waals surface area contributed by atoms with Crippen molar-refractivity contribution in [2.45, 2.75) is 12.5 Å². The Labute approximate surface area is 138 Å². The summed E-state index contributed by atoms with van der Waals surface area (Å²) >= 11 is 0. The Morgan fingerprint density at radius 3 is 2.83 bits per heavy atom. The van der Waals surface area contributed by atoms with Crippen molar-refractivity contribution in [3.63, 3.8) is 0 Å². The number of nitrogens with zero attached hydrogens (tertiary/aromatic N) is 2. The molecule has 2 fully saturated rings. The molecule has 8 nitrogen and oxygen atoms in total. The second kappa shape index (κ2) is 5.88. The molecule has 1 unspecified atom stereocenters. The zero-order chi connectivity index (χ0) is 16.7. The minimum Gasteiger partial charge on any atom is -0.383 e. The maximum absolute atomic E-state index is 13.1.